The third-order valence-corrected chi connectivity index (χ3v) is 4.49. The second kappa shape index (κ2) is 7.38. The van der Waals surface area contributed by atoms with Crippen molar-refractivity contribution in [1.29, 1.82) is 0 Å². The first-order chi connectivity index (χ1) is 10.8. The average molecular weight is 301 g/mol. The molecule has 3 rings (SSSR count). The minimum absolute atomic E-state index is 0.165. The van der Waals surface area contributed by atoms with Crippen LogP contribution in [0.1, 0.15) is 44.9 Å². The number of allylic oxidation sites excluding steroid dienone is 2. The highest BCUT2D eigenvalue weighted by atomic mass is 16.5. The van der Waals surface area contributed by atoms with Gasteiger partial charge in [0.25, 0.3) is 0 Å². The first-order valence-electron chi connectivity index (χ1n) is 8.19. The Morgan fingerprint density at radius 1 is 1.14 bits per heavy atom. The molecule has 1 saturated carbocycles. The summed E-state index contributed by atoms with van der Waals surface area (Å²) in [6.07, 6.45) is 16.1. The van der Waals surface area contributed by atoms with E-state index in [4.69, 9.17) is 4.74 Å². The van der Waals surface area contributed by atoms with Crippen LogP contribution in [0, 0.1) is 5.92 Å². The normalized spacial score (nSPS) is 28.1. The second-order valence-corrected chi connectivity index (χ2v) is 6.13. The maximum atomic E-state index is 12.2. The first kappa shape index (κ1) is 15.0. The van der Waals surface area contributed by atoms with Gasteiger partial charge in [-0.05, 0) is 44.9 Å². The molecular formula is C17H23N3O2. The highest BCUT2D eigenvalue weighted by Gasteiger charge is 2.26. The zero-order valence-electron chi connectivity index (χ0n) is 12.8. The van der Waals surface area contributed by atoms with Crippen LogP contribution in [-0.4, -0.2) is 28.0 Å². The zero-order chi connectivity index (χ0) is 15.2. The van der Waals surface area contributed by atoms with E-state index in [1.807, 2.05) is 0 Å². The molecule has 5 nitrogen and oxygen atoms in total. The summed E-state index contributed by atoms with van der Waals surface area (Å²) < 4.78 is 5.83. The van der Waals surface area contributed by atoms with Crippen LogP contribution < -0.4 is 10.1 Å². The fraction of sp³-hybridized carbons (Fsp3) is 0.588. The van der Waals surface area contributed by atoms with E-state index in [0.717, 1.165) is 44.9 Å². The molecule has 0 aliphatic heterocycles. The molecule has 0 bridgehead atoms. The fourth-order valence-electron chi connectivity index (χ4n) is 3.19. The third kappa shape index (κ3) is 4.06. The van der Waals surface area contributed by atoms with Crippen molar-refractivity contribution >= 4 is 5.91 Å². The molecule has 1 unspecified atom stereocenters. The molecule has 1 amide bonds. The van der Waals surface area contributed by atoms with Gasteiger partial charge in [-0.15, -0.1) is 0 Å². The Hall–Kier alpha value is -1.91. The highest BCUT2D eigenvalue weighted by Crippen LogP contribution is 2.24. The van der Waals surface area contributed by atoms with E-state index in [9.17, 15) is 4.79 Å². The number of amides is 1. The van der Waals surface area contributed by atoms with Crippen LogP contribution in [0.4, 0.5) is 0 Å². The van der Waals surface area contributed by atoms with Gasteiger partial charge in [0.15, 0.2) is 0 Å². The molecular weight excluding hydrogens is 278 g/mol. The topological polar surface area (TPSA) is 64.1 Å². The van der Waals surface area contributed by atoms with E-state index in [2.05, 4.69) is 27.4 Å². The van der Waals surface area contributed by atoms with Crippen molar-refractivity contribution in [3.63, 3.8) is 0 Å². The Balaban J connectivity index is 1.42. The smallest absolute Gasteiger partial charge is 0.232 e. The third-order valence-electron chi connectivity index (χ3n) is 4.49. The summed E-state index contributed by atoms with van der Waals surface area (Å²) in [4.78, 5) is 20.4. The molecule has 0 aromatic carbocycles. The van der Waals surface area contributed by atoms with Crippen molar-refractivity contribution < 1.29 is 9.53 Å². The summed E-state index contributed by atoms with van der Waals surface area (Å²) in [5, 5.41) is 3.22. The quantitative estimate of drug-likeness (QED) is 0.868. The van der Waals surface area contributed by atoms with E-state index in [1.54, 1.807) is 18.6 Å². The standard InChI is InChI=1S/C17H23N3O2/c21-17(13-4-2-1-3-5-13)20-14-6-8-15(9-7-14)22-16-12-18-10-11-19-16/h1-2,10-15H,3-9H2,(H,20,21). The molecule has 2 aliphatic carbocycles. The monoisotopic (exact) mass is 301 g/mol. The molecule has 1 atom stereocenters. The van der Waals surface area contributed by atoms with Crippen molar-refractivity contribution in [1.82, 2.24) is 15.3 Å². The van der Waals surface area contributed by atoms with Gasteiger partial charge in [-0.3, -0.25) is 9.78 Å². The highest BCUT2D eigenvalue weighted by molar-refractivity contribution is 5.79. The number of carbonyl (C=O) groups is 1. The molecule has 2 aliphatic rings. The molecule has 1 aromatic rings. The molecule has 1 heterocycles. The second-order valence-electron chi connectivity index (χ2n) is 6.13. The van der Waals surface area contributed by atoms with E-state index >= 15 is 0 Å². The van der Waals surface area contributed by atoms with Crippen LogP contribution in [0.5, 0.6) is 5.88 Å². The predicted octanol–water partition coefficient (Wildman–Crippen LogP) is 2.64. The summed E-state index contributed by atoms with van der Waals surface area (Å²) >= 11 is 0. The lowest BCUT2D eigenvalue weighted by Gasteiger charge is -2.30. The number of hydrogen-bond donors (Lipinski definition) is 1. The van der Waals surface area contributed by atoms with Crippen LogP contribution in [0.3, 0.4) is 0 Å². The van der Waals surface area contributed by atoms with Crippen LogP contribution in [0.2, 0.25) is 0 Å². The van der Waals surface area contributed by atoms with Gasteiger partial charge >= 0.3 is 0 Å². The van der Waals surface area contributed by atoms with Crippen molar-refractivity contribution in [2.45, 2.75) is 57.1 Å². The average Bonchev–Trinajstić information content (AvgIpc) is 2.58. The SMILES string of the molecule is O=C(NC1CCC(Oc2cnccn2)CC1)C1CC=CCC1. The number of nitrogens with one attached hydrogen (secondary N) is 1. The molecule has 0 spiro atoms. The Morgan fingerprint density at radius 3 is 2.68 bits per heavy atom. The van der Waals surface area contributed by atoms with Crippen LogP contribution in [-0.2, 0) is 4.79 Å². The number of hydrogen-bond acceptors (Lipinski definition) is 4. The van der Waals surface area contributed by atoms with Crippen molar-refractivity contribution in [3.8, 4) is 5.88 Å². The summed E-state index contributed by atoms with van der Waals surface area (Å²) in [5.41, 5.74) is 0. The van der Waals surface area contributed by atoms with Crippen molar-refractivity contribution in [2.24, 2.45) is 5.92 Å². The number of aromatic nitrogens is 2. The van der Waals surface area contributed by atoms with Crippen LogP contribution >= 0.6 is 0 Å². The maximum absolute atomic E-state index is 12.2. The Morgan fingerprint density at radius 2 is 2.00 bits per heavy atom. The largest absolute Gasteiger partial charge is 0.473 e. The molecule has 0 saturated heterocycles. The van der Waals surface area contributed by atoms with Gasteiger partial charge in [-0.25, -0.2) is 4.98 Å². The van der Waals surface area contributed by atoms with E-state index in [1.165, 1.54) is 0 Å². The minimum atomic E-state index is 0.165. The first-order valence-corrected chi connectivity index (χ1v) is 8.19. The van der Waals surface area contributed by atoms with E-state index in [0.29, 0.717) is 11.9 Å². The summed E-state index contributed by atoms with van der Waals surface area (Å²) in [5.74, 6) is 0.977. The number of ether oxygens (including phenoxy) is 1. The van der Waals surface area contributed by atoms with Gasteiger partial charge in [0.1, 0.15) is 6.10 Å². The van der Waals surface area contributed by atoms with Gasteiger partial charge < -0.3 is 10.1 Å². The molecule has 0 radical (unpaired) electrons. The van der Waals surface area contributed by atoms with Crippen LogP contribution in [0.25, 0.3) is 0 Å². The van der Waals surface area contributed by atoms with Crippen LogP contribution in [0.15, 0.2) is 30.7 Å². The van der Waals surface area contributed by atoms with Gasteiger partial charge in [0, 0.05) is 24.4 Å². The molecule has 22 heavy (non-hydrogen) atoms. The lowest BCUT2D eigenvalue weighted by molar-refractivity contribution is -0.126. The molecule has 118 valence electrons. The summed E-state index contributed by atoms with van der Waals surface area (Å²) in [6.45, 7) is 0. The number of nitrogens with zero attached hydrogens (tertiary/aromatic N) is 2. The number of carbonyl (C=O) groups excluding carboxylic acids is 1. The van der Waals surface area contributed by atoms with Crippen molar-refractivity contribution in [3.05, 3.63) is 30.7 Å². The molecule has 1 fully saturated rings. The minimum Gasteiger partial charge on any atom is -0.473 e. The summed E-state index contributed by atoms with van der Waals surface area (Å²) in [6, 6.07) is 0.292. The summed E-state index contributed by atoms with van der Waals surface area (Å²) in [7, 11) is 0. The Bertz CT molecular complexity index is 510. The maximum Gasteiger partial charge on any atom is 0.232 e. The molecule has 1 N–H and O–H groups in total. The van der Waals surface area contributed by atoms with Gasteiger partial charge in [-0.2, -0.15) is 0 Å². The fourth-order valence-corrected chi connectivity index (χ4v) is 3.19. The van der Waals surface area contributed by atoms with Gasteiger partial charge in [0.05, 0.1) is 6.20 Å². The molecule has 5 heteroatoms. The van der Waals surface area contributed by atoms with E-state index < -0.39 is 0 Å². The van der Waals surface area contributed by atoms with Crippen molar-refractivity contribution in [2.75, 3.05) is 0 Å². The zero-order valence-corrected chi connectivity index (χ0v) is 12.8. The lowest BCUT2D eigenvalue weighted by Crippen LogP contribution is -2.42. The van der Waals surface area contributed by atoms with Gasteiger partial charge in [-0.1, -0.05) is 12.2 Å². The predicted molar refractivity (Wildman–Crippen MR) is 83.3 cm³/mol. The lowest BCUT2D eigenvalue weighted by atomic mass is 9.90. The van der Waals surface area contributed by atoms with Gasteiger partial charge in [0.2, 0.25) is 11.8 Å². The Labute approximate surface area is 131 Å². The number of rotatable bonds is 4. The Kier molecular flexibility index (Phi) is 5.03. The van der Waals surface area contributed by atoms with E-state index in [-0.39, 0.29) is 17.9 Å². The molecule has 1 aromatic heterocycles.